The summed E-state index contributed by atoms with van der Waals surface area (Å²) < 4.78 is 40.5. The molecule has 0 aromatic heterocycles. The second-order valence-electron chi connectivity index (χ2n) is 5.33. The molecule has 0 aliphatic carbocycles. The standard InChI is InChI=1S/C14H21FO7/c1-4-5-10-18-6-9-11(22-10)12(19-7(2)16)13(14(15)21-9)20-8(3)17/h9-14H,4-6H2,1-3H3/t9-,10-,11-,12+,13-,14-/m1/s1. The van der Waals surface area contributed by atoms with E-state index < -0.39 is 49.0 Å². The van der Waals surface area contributed by atoms with E-state index in [4.69, 9.17) is 23.7 Å². The zero-order chi connectivity index (χ0) is 16.3. The van der Waals surface area contributed by atoms with Crippen molar-refractivity contribution < 1.29 is 37.7 Å². The maximum Gasteiger partial charge on any atom is 0.303 e. The van der Waals surface area contributed by atoms with Gasteiger partial charge in [0, 0.05) is 13.8 Å². The summed E-state index contributed by atoms with van der Waals surface area (Å²) in [5.41, 5.74) is 0. The number of rotatable bonds is 4. The highest BCUT2D eigenvalue weighted by molar-refractivity contribution is 5.67. The monoisotopic (exact) mass is 320 g/mol. The fraction of sp³-hybridized carbons (Fsp3) is 0.857. The average Bonchev–Trinajstić information content (AvgIpc) is 2.43. The second-order valence-corrected chi connectivity index (χ2v) is 5.33. The van der Waals surface area contributed by atoms with Crippen LogP contribution in [-0.4, -0.2) is 55.6 Å². The van der Waals surface area contributed by atoms with Gasteiger partial charge in [-0.3, -0.25) is 9.59 Å². The molecule has 2 rings (SSSR count). The SMILES string of the molecule is CCC[C@@H]1OC[C@H]2O[C@@H](F)[C@H](OC(C)=O)[C@@H](OC(C)=O)[C@@H]2O1. The van der Waals surface area contributed by atoms with Crippen LogP contribution in [0, 0.1) is 0 Å². The van der Waals surface area contributed by atoms with Crippen LogP contribution in [0.15, 0.2) is 0 Å². The molecule has 0 aromatic carbocycles. The smallest absolute Gasteiger partial charge is 0.303 e. The van der Waals surface area contributed by atoms with Crippen LogP contribution in [-0.2, 0) is 33.3 Å². The predicted octanol–water partition coefficient (Wildman–Crippen LogP) is 1.09. The van der Waals surface area contributed by atoms with Crippen LogP contribution in [0.3, 0.4) is 0 Å². The molecule has 8 heteroatoms. The van der Waals surface area contributed by atoms with Crippen LogP contribution in [0.5, 0.6) is 0 Å². The zero-order valence-corrected chi connectivity index (χ0v) is 12.8. The summed E-state index contributed by atoms with van der Waals surface area (Å²) in [6.07, 6.45) is -4.81. The average molecular weight is 320 g/mol. The van der Waals surface area contributed by atoms with Gasteiger partial charge in [0.2, 0.25) is 6.36 Å². The first-order valence-electron chi connectivity index (χ1n) is 7.33. The van der Waals surface area contributed by atoms with Crippen molar-refractivity contribution in [3.63, 3.8) is 0 Å². The number of fused-ring (bicyclic) bond motifs is 1. The van der Waals surface area contributed by atoms with E-state index in [1.54, 1.807) is 0 Å². The summed E-state index contributed by atoms with van der Waals surface area (Å²) in [7, 11) is 0. The quantitative estimate of drug-likeness (QED) is 0.717. The fourth-order valence-electron chi connectivity index (χ4n) is 2.61. The largest absolute Gasteiger partial charge is 0.455 e. The van der Waals surface area contributed by atoms with E-state index >= 15 is 0 Å². The predicted molar refractivity (Wildman–Crippen MR) is 70.4 cm³/mol. The fourth-order valence-corrected chi connectivity index (χ4v) is 2.61. The van der Waals surface area contributed by atoms with E-state index in [2.05, 4.69) is 0 Å². The zero-order valence-electron chi connectivity index (χ0n) is 12.8. The summed E-state index contributed by atoms with van der Waals surface area (Å²) in [6, 6.07) is 0. The lowest BCUT2D eigenvalue weighted by atomic mass is 9.98. The third-order valence-electron chi connectivity index (χ3n) is 3.46. The van der Waals surface area contributed by atoms with Crippen LogP contribution in [0.2, 0.25) is 0 Å². The van der Waals surface area contributed by atoms with Gasteiger partial charge in [-0.25, -0.2) is 4.39 Å². The normalized spacial score (nSPS) is 38.0. The highest BCUT2D eigenvalue weighted by atomic mass is 19.1. The Labute approximate surface area is 128 Å². The Morgan fingerprint density at radius 2 is 1.77 bits per heavy atom. The molecule has 0 spiro atoms. The minimum atomic E-state index is -1.91. The highest BCUT2D eigenvalue weighted by Crippen LogP contribution is 2.33. The van der Waals surface area contributed by atoms with Gasteiger partial charge in [-0.1, -0.05) is 13.3 Å². The Kier molecular flexibility index (Phi) is 5.71. The van der Waals surface area contributed by atoms with Crippen molar-refractivity contribution in [2.24, 2.45) is 0 Å². The first kappa shape index (κ1) is 17.1. The number of carbonyl (C=O) groups is 2. The van der Waals surface area contributed by atoms with Crippen molar-refractivity contribution in [2.75, 3.05) is 6.61 Å². The number of hydrogen-bond acceptors (Lipinski definition) is 7. The van der Waals surface area contributed by atoms with Crippen LogP contribution in [0.25, 0.3) is 0 Å². The highest BCUT2D eigenvalue weighted by Gasteiger charge is 2.53. The molecule has 0 bridgehead atoms. The molecule has 0 N–H and O–H groups in total. The van der Waals surface area contributed by atoms with Crippen molar-refractivity contribution in [1.29, 1.82) is 0 Å². The van der Waals surface area contributed by atoms with Gasteiger partial charge >= 0.3 is 11.9 Å². The summed E-state index contributed by atoms with van der Waals surface area (Å²) >= 11 is 0. The topological polar surface area (TPSA) is 80.3 Å². The molecular weight excluding hydrogens is 299 g/mol. The lowest BCUT2D eigenvalue weighted by molar-refractivity contribution is -0.342. The summed E-state index contributed by atoms with van der Waals surface area (Å²) in [5.74, 6) is -1.30. The van der Waals surface area contributed by atoms with E-state index in [0.717, 1.165) is 13.3 Å². The number of carbonyl (C=O) groups excluding carboxylic acids is 2. The van der Waals surface area contributed by atoms with Gasteiger partial charge in [-0.05, 0) is 6.42 Å². The molecule has 22 heavy (non-hydrogen) atoms. The third kappa shape index (κ3) is 3.93. The van der Waals surface area contributed by atoms with Gasteiger partial charge in [-0.15, -0.1) is 0 Å². The molecule has 0 amide bonds. The molecular formula is C14H21FO7. The van der Waals surface area contributed by atoms with Gasteiger partial charge in [0.25, 0.3) is 0 Å². The second kappa shape index (κ2) is 7.34. The molecule has 7 nitrogen and oxygen atoms in total. The van der Waals surface area contributed by atoms with E-state index in [0.29, 0.717) is 6.42 Å². The first-order valence-corrected chi connectivity index (χ1v) is 7.33. The minimum absolute atomic E-state index is 0.125. The van der Waals surface area contributed by atoms with Crippen molar-refractivity contribution >= 4 is 11.9 Å². The Morgan fingerprint density at radius 1 is 1.14 bits per heavy atom. The lowest BCUT2D eigenvalue weighted by Crippen LogP contribution is -2.63. The van der Waals surface area contributed by atoms with Crippen LogP contribution in [0.4, 0.5) is 4.39 Å². The molecule has 0 saturated carbocycles. The van der Waals surface area contributed by atoms with Gasteiger partial charge in [-0.2, -0.15) is 0 Å². The Hall–Kier alpha value is -1.25. The van der Waals surface area contributed by atoms with Gasteiger partial charge in [0.15, 0.2) is 18.5 Å². The summed E-state index contributed by atoms with van der Waals surface area (Å²) in [5, 5.41) is 0. The van der Waals surface area contributed by atoms with Crippen LogP contribution < -0.4 is 0 Å². The Balaban J connectivity index is 2.18. The molecule has 2 aliphatic rings. The van der Waals surface area contributed by atoms with Crippen LogP contribution in [0.1, 0.15) is 33.6 Å². The van der Waals surface area contributed by atoms with Gasteiger partial charge < -0.3 is 23.7 Å². The van der Waals surface area contributed by atoms with E-state index in [-0.39, 0.29) is 6.61 Å². The molecule has 126 valence electrons. The number of esters is 2. The Morgan fingerprint density at radius 3 is 2.36 bits per heavy atom. The maximum atomic E-state index is 14.1. The number of hydrogen-bond donors (Lipinski definition) is 0. The third-order valence-corrected chi connectivity index (χ3v) is 3.46. The van der Waals surface area contributed by atoms with Crippen molar-refractivity contribution in [3.8, 4) is 0 Å². The molecule has 2 saturated heterocycles. The molecule has 0 aromatic rings. The number of alkyl halides is 1. The first-order chi connectivity index (χ1) is 10.4. The molecule has 2 aliphatic heterocycles. The lowest BCUT2D eigenvalue weighted by Gasteiger charge is -2.46. The Bertz CT molecular complexity index is 416. The maximum absolute atomic E-state index is 14.1. The van der Waals surface area contributed by atoms with E-state index in [1.807, 2.05) is 6.92 Å². The van der Waals surface area contributed by atoms with Crippen molar-refractivity contribution in [1.82, 2.24) is 0 Å². The van der Waals surface area contributed by atoms with Crippen molar-refractivity contribution in [3.05, 3.63) is 0 Å². The van der Waals surface area contributed by atoms with Crippen LogP contribution >= 0.6 is 0 Å². The number of ether oxygens (including phenoxy) is 5. The van der Waals surface area contributed by atoms with E-state index in [9.17, 15) is 14.0 Å². The van der Waals surface area contributed by atoms with Crippen molar-refractivity contribution in [2.45, 2.75) is 70.7 Å². The molecule has 2 heterocycles. The number of halogens is 1. The molecule has 0 radical (unpaired) electrons. The summed E-state index contributed by atoms with van der Waals surface area (Å²) in [4.78, 5) is 22.5. The van der Waals surface area contributed by atoms with Gasteiger partial charge in [0.05, 0.1) is 6.61 Å². The molecule has 6 atom stereocenters. The van der Waals surface area contributed by atoms with Gasteiger partial charge in [0.1, 0.15) is 12.2 Å². The minimum Gasteiger partial charge on any atom is -0.455 e. The summed E-state index contributed by atoms with van der Waals surface area (Å²) in [6.45, 7) is 4.44. The molecule has 2 fully saturated rings. The molecule has 0 unspecified atom stereocenters. The van der Waals surface area contributed by atoms with E-state index in [1.165, 1.54) is 6.92 Å².